The van der Waals surface area contributed by atoms with E-state index in [0.29, 0.717) is 32.1 Å². The molecule has 0 amide bonds. The monoisotopic (exact) mass is 488 g/mol. The van der Waals surface area contributed by atoms with E-state index in [1.165, 1.54) is 0 Å². The molecule has 1 N–H and O–H groups in total. The summed E-state index contributed by atoms with van der Waals surface area (Å²) in [7, 11) is 0. The standard InChI is InChI=1S/C28H40O7/c1-5-7-24(33)35-28(22(31)16-34-23(32)6-2)13-11-20-19-9-8-17-14-18(29)10-12-26(17,3)25(19)21(30)15-27(20,28)4/h14,19-21,25,30H,5-13,15-16H2,1-4H3/t19-,20-,21-,25?,26-,27-,28-/m0/s1. The number of carbonyl (C=O) groups excluding carboxylic acids is 4. The van der Waals surface area contributed by atoms with Gasteiger partial charge in [-0.3, -0.25) is 19.2 Å². The van der Waals surface area contributed by atoms with Gasteiger partial charge >= 0.3 is 11.9 Å². The minimum Gasteiger partial charge on any atom is -0.457 e. The molecule has 0 radical (unpaired) electrons. The van der Waals surface area contributed by atoms with E-state index in [1.54, 1.807) is 13.0 Å². The molecule has 0 aromatic heterocycles. The number of hydrogen-bond acceptors (Lipinski definition) is 7. The van der Waals surface area contributed by atoms with E-state index in [-0.39, 0.29) is 47.6 Å². The van der Waals surface area contributed by atoms with E-state index < -0.39 is 35.7 Å². The Kier molecular flexibility index (Phi) is 7.04. The van der Waals surface area contributed by atoms with Crippen LogP contribution in [0.25, 0.3) is 0 Å². The molecule has 0 spiro atoms. The number of rotatable bonds is 7. The van der Waals surface area contributed by atoms with E-state index >= 15 is 0 Å². The third-order valence-corrected chi connectivity index (χ3v) is 9.86. The molecule has 7 nitrogen and oxygen atoms in total. The third kappa shape index (κ3) is 4.08. The first-order valence-electron chi connectivity index (χ1n) is 13.3. The van der Waals surface area contributed by atoms with Gasteiger partial charge in [0, 0.05) is 24.7 Å². The van der Waals surface area contributed by atoms with E-state index in [0.717, 1.165) is 24.8 Å². The Bertz CT molecular complexity index is 938. The maximum atomic E-state index is 13.7. The van der Waals surface area contributed by atoms with Gasteiger partial charge in [0.25, 0.3) is 0 Å². The Labute approximate surface area is 208 Å². The van der Waals surface area contributed by atoms with Crippen molar-refractivity contribution in [1.29, 1.82) is 0 Å². The highest BCUT2D eigenvalue weighted by Gasteiger charge is 2.70. The van der Waals surface area contributed by atoms with Gasteiger partial charge in [0.2, 0.25) is 5.78 Å². The summed E-state index contributed by atoms with van der Waals surface area (Å²) in [6, 6.07) is 0. The van der Waals surface area contributed by atoms with Gasteiger partial charge in [0.15, 0.2) is 18.0 Å². The largest absolute Gasteiger partial charge is 0.457 e. The van der Waals surface area contributed by atoms with Crippen LogP contribution in [0.1, 0.15) is 91.9 Å². The fourth-order valence-electron chi connectivity index (χ4n) is 8.17. The number of ether oxygens (including phenoxy) is 2. The highest BCUT2D eigenvalue weighted by atomic mass is 16.6. The van der Waals surface area contributed by atoms with Gasteiger partial charge in [-0.25, -0.2) is 0 Å². The first kappa shape index (κ1) is 26.1. The van der Waals surface area contributed by atoms with Crippen LogP contribution < -0.4 is 0 Å². The number of Topliss-reactive ketones (excluding diaryl/α,β-unsaturated/α-hetero) is 1. The predicted octanol–water partition coefficient (Wildman–Crippen LogP) is 4.09. The first-order valence-corrected chi connectivity index (χ1v) is 13.3. The number of ketones is 2. The Morgan fingerprint density at radius 3 is 2.51 bits per heavy atom. The zero-order valence-electron chi connectivity index (χ0n) is 21.6. The van der Waals surface area contributed by atoms with Gasteiger partial charge in [0.05, 0.1) is 6.10 Å². The lowest BCUT2D eigenvalue weighted by atomic mass is 9.45. The summed E-state index contributed by atoms with van der Waals surface area (Å²) < 4.78 is 11.3. The van der Waals surface area contributed by atoms with E-state index in [2.05, 4.69) is 6.92 Å². The topological polar surface area (TPSA) is 107 Å². The average molecular weight is 489 g/mol. The number of fused-ring (bicyclic) bond motifs is 5. The molecule has 0 aromatic carbocycles. The molecular weight excluding hydrogens is 448 g/mol. The number of aliphatic hydroxyl groups is 1. The number of hydrogen-bond donors (Lipinski definition) is 1. The van der Waals surface area contributed by atoms with Gasteiger partial charge in [-0.05, 0) is 74.2 Å². The summed E-state index contributed by atoms with van der Waals surface area (Å²) in [5.41, 5.74) is -1.25. The highest BCUT2D eigenvalue weighted by molar-refractivity contribution is 5.93. The van der Waals surface area contributed by atoms with Crippen molar-refractivity contribution in [2.45, 2.75) is 104 Å². The number of carbonyl (C=O) groups is 4. The molecule has 7 heteroatoms. The second-order valence-corrected chi connectivity index (χ2v) is 11.6. The SMILES string of the molecule is CCCC(=O)O[C@]1(C(=O)COC(=O)CC)CC[C@H]2[C@@H]3CCC4=CC(=O)CC[C@]4(C)C3[C@@H](O)C[C@@]21C. The number of aliphatic hydroxyl groups excluding tert-OH is 1. The van der Waals surface area contributed by atoms with Crippen LogP contribution in [0.4, 0.5) is 0 Å². The average Bonchev–Trinajstić information content (AvgIpc) is 3.09. The first-order chi connectivity index (χ1) is 16.5. The van der Waals surface area contributed by atoms with E-state index in [9.17, 15) is 24.3 Å². The third-order valence-electron chi connectivity index (χ3n) is 9.86. The zero-order valence-corrected chi connectivity index (χ0v) is 21.6. The smallest absolute Gasteiger partial charge is 0.306 e. The summed E-state index contributed by atoms with van der Waals surface area (Å²) in [4.78, 5) is 50.4. The van der Waals surface area contributed by atoms with Crippen molar-refractivity contribution in [3.63, 3.8) is 0 Å². The summed E-state index contributed by atoms with van der Waals surface area (Å²) in [6.45, 7) is 7.30. The van der Waals surface area contributed by atoms with Crippen molar-refractivity contribution >= 4 is 23.5 Å². The van der Waals surface area contributed by atoms with E-state index in [1.807, 2.05) is 13.8 Å². The van der Waals surface area contributed by atoms with Crippen LogP contribution >= 0.6 is 0 Å². The maximum absolute atomic E-state index is 13.7. The van der Waals surface area contributed by atoms with Crippen LogP contribution in [-0.2, 0) is 28.7 Å². The lowest BCUT2D eigenvalue weighted by Crippen LogP contribution is -2.63. The van der Waals surface area contributed by atoms with Gasteiger partial charge < -0.3 is 14.6 Å². The molecule has 4 aliphatic carbocycles. The maximum Gasteiger partial charge on any atom is 0.306 e. The van der Waals surface area contributed by atoms with Gasteiger partial charge in [0.1, 0.15) is 0 Å². The van der Waals surface area contributed by atoms with Crippen LogP contribution in [-0.4, -0.2) is 46.9 Å². The van der Waals surface area contributed by atoms with Gasteiger partial charge in [-0.2, -0.15) is 0 Å². The fraction of sp³-hybridized carbons (Fsp3) is 0.786. The molecule has 0 heterocycles. The predicted molar refractivity (Wildman–Crippen MR) is 128 cm³/mol. The quantitative estimate of drug-likeness (QED) is 0.538. The van der Waals surface area contributed by atoms with Gasteiger partial charge in [-0.1, -0.05) is 33.3 Å². The van der Waals surface area contributed by atoms with Crippen LogP contribution in [0.5, 0.6) is 0 Å². The molecule has 4 rings (SSSR count). The molecule has 1 unspecified atom stereocenters. The number of esters is 2. The Morgan fingerprint density at radius 1 is 1.09 bits per heavy atom. The summed E-state index contributed by atoms with van der Waals surface area (Å²) in [5, 5.41) is 11.6. The Hall–Kier alpha value is -2.02. The second kappa shape index (κ2) is 9.45. The molecule has 0 bridgehead atoms. The minimum absolute atomic E-state index is 0.00356. The molecule has 3 saturated carbocycles. The van der Waals surface area contributed by atoms with Crippen molar-refractivity contribution in [1.82, 2.24) is 0 Å². The molecule has 0 aromatic rings. The summed E-state index contributed by atoms with van der Waals surface area (Å²) in [5.74, 6) is -0.852. The molecule has 7 atom stereocenters. The Balaban J connectivity index is 1.70. The Morgan fingerprint density at radius 2 is 1.83 bits per heavy atom. The van der Waals surface area contributed by atoms with Crippen molar-refractivity contribution < 1.29 is 33.8 Å². The molecule has 4 aliphatic rings. The highest BCUT2D eigenvalue weighted by Crippen LogP contribution is 2.68. The van der Waals surface area contributed by atoms with Crippen molar-refractivity contribution in [3.05, 3.63) is 11.6 Å². The normalized spacial score (nSPS) is 40.1. The van der Waals surface area contributed by atoms with Crippen LogP contribution in [0.2, 0.25) is 0 Å². The molecule has 0 saturated heterocycles. The lowest BCUT2D eigenvalue weighted by molar-refractivity contribution is -0.203. The molecule has 194 valence electrons. The molecular formula is C28H40O7. The minimum atomic E-state index is -1.41. The van der Waals surface area contributed by atoms with E-state index in [4.69, 9.17) is 9.47 Å². The number of allylic oxidation sites excluding steroid dienone is 1. The fourth-order valence-corrected chi connectivity index (χ4v) is 8.17. The van der Waals surface area contributed by atoms with Crippen LogP contribution in [0.3, 0.4) is 0 Å². The lowest BCUT2D eigenvalue weighted by Gasteiger charge is -2.60. The van der Waals surface area contributed by atoms with Crippen LogP contribution in [0.15, 0.2) is 11.6 Å². The van der Waals surface area contributed by atoms with Crippen molar-refractivity contribution in [3.8, 4) is 0 Å². The van der Waals surface area contributed by atoms with Crippen molar-refractivity contribution in [2.24, 2.45) is 28.6 Å². The molecule has 3 fully saturated rings. The molecule has 0 aliphatic heterocycles. The second-order valence-electron chi connectivity index (χ2n) is 11.6. The molecule has 35 heavy (non-hydrogen) atoms. The zero-order chi connectivity index (χ0) is 25.6. The van der Waals surface area contributed by atoms with Gasteiger partial charge in [-0.15, -0.1) is 0 Å². The van der Waals surface area contributed by atoms with Crippen LogP contribution in [0, 0.1) is 28.6 Å². The summed E-state index contributed by atoms with van der Waals surface area (Å²) >= 11 is 0. The van der Waals surface area contributed by atoms with Crippen molar-refractivity contribution in [2.75, 3.05) is 6.61 Å². The summed E-state index contributed by atoms with van der Waals surface area (Å²) in [6.07, 6.45) is 6.41.